The van der Waals surface area contributed by atoms with Crippen LogP contribution in [-0.2, 0) is 21.1 Å². The van der Waals surface area contributed by atoms with Crippen molar-refractivity contribution >= 4 is 0 Å². The first-order valence-electron chi connectivity index (χ1n) is 9.48. The summed E-state index contributed by atoms with van der Waals surface area (Å²) < 4.78 is 16.1. The van der Waals surface area contributed by atoms with Crippen LogP contribution in [0.5, 0.6) is 11.5 Å². The summed E-state index contributed by atoms with van der Waals surface area (Å²) in [6.07, 6.45) is 25.8. The molecule has 4 rings (SSSR count). The second-order valence-electron chi connectivity index (χ2n) is 6.75. The third-order valence-electron chi connectivity index (χ3n) is 4.98. The maximum atomic E-state index is 6.86. The first kappa shape index (κ1) is 19.3. The van der Waals surface area contributed by atoms with Crippen molar-refractivity contribution < 1.29 is 26.8 Å². The van der Waals surface area contributed by atoms with E-state index in [-0.39, 0.29) is 0 Å². The summed E-state index contributed by atoms with van der Waals surface area (Å²) >= 11 is -4.10. The van der Waals surface area contributed by atoms with Gasteiger partial charge in [0.2, 0.25) is 0 Å². The molecule has 0 bridgehead atoms. The van der Waals surface area contributed by atoms with Gasteiger partial charge in [-0.25, -0.2) is 0 Å². The van der Waals surface area contributed by atoms with Crippen LogP contribution < -0.4 is 5.63 Å². The number of benzene rings is 2. The molecule has 0 heterocycles. The molecule has 140 valence electrons. The molecule has 2 aliphatic carbocycles. The van der Waals surface area contributed by atoms with Crippen LogP contribution >= 0.6 is 0 Å². The molecule has 2 aromatic rings. The van der Waals surface area contributed by atoms with Gasteiger partial charge in [-0.2, -0.15) is 0 Å². The Balaban J connectivity index is 1.87. The zero-order valence-corrected chi connectivity index (χ0v) is 18.4. The van der Waals surface area contributed by atoms with Crippen LogP contribution in [0.1, 0.15) is 24.0 Å². The summed E-state index contributed by atoms with van der Waals surface area (Å²) in [6.45, 7) is 0. The molecule has 0 spiro atoms. The molecular weight excluding hydrogens is 436 g/mol. The first-order valence-corrected chi connectivity index (χ1v) is 13.9. The fourth-order valence-electron chi connectivity index (χ4n) is 3.53. The average Bonchev–Trinajstić information content (AvgIpc) is 3.48. The Labute approximate surface area is 177 Å². The van der Waals surface area contributed by atoms with Crippen LogP contribution in [0.4, 0.5) is 0 Å². The number of allylic oxidation sites excluding steroid dienone is 8. The van der Waals surface area contributed by atoms with E-state index in [1.165, 1.54) is 6.56 Å². The van der Waals surface area contributed by atoms with Gasteiger partial charge in [-0.15, -0.1) is 0 Å². The zero-order valence-electron chi connectivity index (χ0n) is 16.0. The summed E-state index contributed by atoms with van der Waals surface area (Å²) in [5, 5.41) is 0. The number of terminal acetylenes is 2. The molecule has 0 saturated carbocycles. The van der Waals surface area contributed by atoms with E-state index in [2.05, 4.69) is 48.3 Å². The first-order chi connectivity index (χ1) is 14.3. The van der Waals surface area contributed by atoms with Gasteiger partial charge in [0, 0.05) is 0 Å². The molecule has 0 amide bonds. The maximum absolute atomic E-state index is 6.86. The van der Waals surface area contributed by atoms with E-state index in [0.29, 0.717) is 11.5 Å². The fraction of sp³-hybridized carbons (Fsp3) is 0.0769. The predicted octanol–water partition coefficient (Wildman–Crippen LogP) is 5.78. The molecule has 0 saturated heterocycles. The van der Waals surface area contributed by atoms with E-state index in [0.717, 1.165) is 24.0 Å². The van der Waals surface area contributed by atoms with E-state index in [1.54, 1.807) is 0 Å². The van der Waals surface area contributed by atoms with Gasteiger partial charge in [0.25, 0.3) is 0 Å². The molecular formula is C26H20O2Zr. The normalized spacial score (nSPS) is 14.7. The zero-order chi connectivity index (χ0) is 20.1. The number of para-hydroxylation sites is 2. The Morgan fingerprint density at radius 1 is 0.690 bits per heavy atom. The van der Waals surface area contributed by atoms with Crippen molar-refractivity contribution in [3.05, 3.63) is 103 Å². The molecule has 0 N–H and O–H groups in total. The summed E-state index contributed by atoms with van der Waals surface area (Å²) in [5.41, 5.74) is 1.45. The molecule has 2 aliphatic rings. The minimum atomic E-state index is -4.10. The monoisotopic (exact) mass is 454 g/mol. The van der Waals surface area contributed by atoms with Crippen molar-refractivity contribution in [3.63, 3.8) is 0 Å². The molecule has 3 heteroatoms. The van der Waals surface area contributed by atoms with Gasteiger partial charge in [0.15, 0.2) is 0 Å². The van der Waals surface area contributed by atoms with Crippen molar-refractivity contribution in [1.29, 1.82) is 0 Å². The second kappa shape index (κ2) is 8.57. The Morgan fingerprint density at radius 2 is 1.14 bits per heavy atom. The minimum absolute atomic E-state index is 0.685. The Kier molecular flexibility index (Phi) is 5.71. The van der Waals surface area contributed by atoms with Gasteiger partial charge in [-0.1, -0.05) is 0 Å². The van der Waals surface area contributed by atoms with Crippen molar-refractivity contribution in [2.45, 2.75) is 12.8 Å². The van der Waals surface area contributed by atoms with Crippen molar-refractivity contribution in [2.24, 2.45) is 0 Å². The molecule has 0 atom stereocenters. The molecule has 0 unspecified atom stereocenters. The quantitative estimate of drug-likeness (QED) is 0.514. The molecule has 0 radical (unpaired) electrons. The van der Waals surface area contributed by atoms with Crippen LogP contribution in [0.2, 0.25) is 0 Å². The topological polar surface area (TPSA) is 18.5 Å². The van der Waals surface area contributed by atoms with E-state index in [1.807, 2.05) is 48.5 Å². The second-order valence-corrected chi connectivity index (χ2v) is 13.9. The number of rotatable bonds is 6. The van der Waals surface area contributed by atoms with Gasteiger partial charge in [0.1, 0.15) is 0 Å². The number of hydrogen-bond acceptors (Lipinski definition) is 2. The van der Waals surface area contributed by atoms with Crippen LogP contribution in [0.3, 0.4) is 0 Å². The van der Waals surface area contributed by atoms with Crippen LogP contribution in [-0.4, -0.2) is 0 Å². The number of hydrogen-bond donors (Lipinski definition) is 0. The van der Waals surface area contributed by atoms with E-state index < -0.39 is 21.1 Å². The van der Waals surface area contributed by atoms with Crippen LogP contribution in [0.25, 0.3) is 0 Å². The van der Waals surface area contributed by atoms with Crippen LogP contribution in [0.15, 0.2) is 91.5 Å². The third kappa shape index (κ3) is 3.80. The standard InChI is InChI=1S/2C8H6O.2C5H5.Zr/c2*1-2-7-5-3-4-6-8(7)9;2*1-2-4-5-3-1;/h2*1,3-6,9H;2*1-3H,4H2;/q;;;;+2/p-2. The molecule has 0 aromatic heterocycles. The predicted molar refractivity (Wildman–Crippen MR) is 114 cm³/mol. The van der Waals surface area contributed by atoms with Gasteiger partial charge >= 0.3 is 178 Å². The van der Waals surface area contributed by atoms with Crippen LogP contribution in [0, 0.1) is 24.7 Å². The molecule has 0 aliphatic heterocycles. The van der Waals surface area contributed by atoms with Crippen molar-refractivity contribution in [1.82, 2.24) is 0 Å². The fourth-order valence-corrected chi connectivity index (χ4v) is 11.8. The van der Waals surface area contributed by atoms with Gasteiger partial charge < -0.3 is 0 Å². The summed E-state index contributed by atoms with van der Waals surface area (Å²) in [5.74, 6) is 6.84. The third-order valence-corrected chi connectivity index (χ3v) is 13.5. The SMILES string of the molecule is C#Cc1ccccc1[O][Zr]([O]c1ccccc1C#C)([C]1=CC=CC1)[C]1=CC=CC1. The average molecular weight is 456 g/mol. The Hall–Kier alpha value is -3.00. The summed E-state index contributed by atoms with van der Waals surface area (Å²) in [6, 6.07) is 15.3. The Morgan fingerprint density at radius 3 is 1.52 bits per heavy atom. The van der Waals surface area contributed by atoms with E-state index >= 15 is 0 Å². The van der Waals surface area contributed by atoms with Gasteiger partial charge in [-0.3, -0.25) is 0 Å². The van der Waals surface area contributed by atoms with Crippen molar-refractivity contribution in [3.8, 4) is 36.2 Å². The summed E-state index contributed by atoms with van der Waals surface area (Å²) in [4.78, 5) is 0. The van der Waals surface area contributed by atoms with E-state index in [9.17, 15) is 0 Å². The molecule has 2 aromatic carbocycles. The molecule has 2 nitrogen and oxygen atoms in total. The van der Waals surface area contributed by atoms with E-state index in [4.69, 9.17) is 18.5 Å². The Bertz CT molecular complexity index is 1040. The van der Waals surface area contributed by atoms with Gasteiger partial charge in [0.05, 0.1) is 0 Å². The van der Waals surface area contributed by atoms with Gasteiger partial charge in [-0.05, 0) is 0 Å². The summed E-state index contributed by atoms with van der Waals surface area (Å²) in [7, 11) is 0. The molecule has 29 heavy (non-hydrogen) atoms. The van der Waals surface area contributed by atoms with Crippen molar-refractivity contribution in [2.75, 3.05) is 0 Å². The molecule has 0 fully saturated rings.